The van der Waals surface area contributed by atoms with Gasteiger partial charge in [-0.15, -0.1) is 0 Å². The van der Waals surface area contributed by atoms with Crippen LogP contribution in [0, 0.1) is 6.92 Å². The van der Waals surface area contributed by atoms with E-state index in [0.29, 0.717) is 11.3 Å². The van der Waals surface area contributed by atoms with Gasteiger partial charge in [0.25, 0.3) is 0 Å². The van der Waals surface area contributed by atoms with Gasteiger partial charge in [-0.3, -0.25) is 0 Å². The number of hydrogen-bond acceptors (Lipinski definition) is 7. The summed E-state index contributed by atoms with van der Waals surface area (Å²) in [6, 6.07) is 6.31. The molecule has 1 aromatic carbocycles. The SMILES string of the molecule is Cc1cc(=O)oc2cc(OC3OC(CO)CC(O)[C@H]3O)ccc12. The lowest BCUT2D eigenvalue weighted by Gasteiger charge is -2.36. The van der Waals surface area contributed by atoms with Gasteiger partial charge in [-0.1, -0.05) is 0 Å². The van der Waals surface area contributed by atoms with Crippen LogP contribution in [0.5, 0.6) is 5.75 Å². The number of aliphatic hydroxyl groups excluding tert-OH is 3. The van der Waals surface area contributed by atoms with E-state index in [1.54, 1.807) is 19.1 Å². The summed E-state index contributed by atoms with van der Waals surface area (Å²) in [5, 5.41) is 29.7. The van der Waals surface area contributed by atoms with Gasteiger partial charge in [-0.05, 0) is 24.6 Å². The van der Waals surface area contributed by atoms with Crippen LogP contribution < -0.4 is 10.4 Å². The summed E-state index contributed by atoms with van der Waals surface area (Å²) in [7, 11) is 0. The Balaban J connectivity index is 1.87. The van der Waals surface area contributed by atoms with Gasteiger partial charge in [0.15, 0.2) is 0 Å². The van der Waals surface area contributed by atoms with Gasteiger partial charge in [0, 0.05) is 23.9 Å². The van der Waals surface area contributed by atoms with E-state index in [2.05, 4.69) is 0 Å². The molecular weight excluding hydrogens is 304 g/mol. The normalized spacial score (nSPS) is 28.0. The molecule has 1 aliphatic heterocycles. The van der Waals surface area contributed by atoms with Gasteiger partial charge < -0.3 is 29.2 Å². The van der Waals surface area contributed by atoms with Crippen LogP contribution in [0.2, 0.25) is 0 Å². The van der Waals surface area contributed by atoms with Crippen molar-refractivity contribution in [3.63, 3.8) is 0 Å². The average Bonchev–Trinajstić information content (AvgIpc) is 2.51. The van der Waals surface area contributed by atoms with E-state index in [-0.39, 0.29) is 13.0 Å². The van der Waals surface area contributed by atoms with Crippen LogP contribution in [-0.4, -0.2) is 46.5 Å². The summed E-state index contributed by atoms with van der Waals surface area (Å²) in [4.78, 5) is 11.4. The van der Waals surface area contributed by atoms with Crippen LogP contribution >= 0.6 is 0 Å². The zero-order valence-electron chi connectivity index (χ0n) is 12.5. The second kappa shape index (κ2) is 6.29. The Morgan fingerprint density at radius 1 is 1.30 bits per heavy atom. The summed E-state index contributed by atoms with van der Waals surface area (Å²) < 4.78 is 16.1. The molecule has 0 bridgehead atoms. The smallest absolute Gasteiger partial charge is 0.336 e. The van der Waals surface area contributed by atoms with Gasteiger partial charge in [0.05, 0.1) is 18.8 Å². The third kappa shape index (κ3) is 3.23. The monoisotopic (exact) mass is 322 g/mol. The van der Waals surface area contributed by atoms with E-state index in [1.807, 2.05) is 0 Å². The fourth-order valence-electron chi connectivity index (χ4n) is 2.64. The van der Waals surface area contributed by atoms with Crippen molar-refractivity contribution in [3.8, 4) is 5.75 Å². The quantitative estimate of drug-likeness (QED) is 0.698. The zero-order chi connectivity index (χ0) is 16.6. The third-order valence-corrected chi connectivity index (χ3v) is 3.88. The first-order chi connectivity index (χ1) is 11.0. The Labute approximate surface area is 131 Å². The topological polar surface area (TPSA) is 109 Å². The van der Waals surface area contributed by atoms with Gasteiger partial charge in [-0.2, -0.15) is 0 Å². The molecule has 23 heavy (non-hydrogen) atoms. The standard InChI is InChI=1S/C16H18O7/c1-8-4-14(19)23-13-6-9(2-3-11(8)13)21-16-15(20)12(18)5-10(7-17)22-16/h2-4,6,10,12,15-18,20H,5,7H2,1H3/t10?,12?,15-,16?/m1/s1. The molecule has 2 aromatic rings. The number of benzene rings is 1. The van der Waals surface area contributed by atoms with Gasteiger partial charge in [0.2, 0.25) is 6.29 Å². The van der Waals surface area contributed by atoms with Crippen molar-refractivity contribution in [1.29, 1.82) is 0 Å². The first-order valence-electron chi connectivity index (χ1n) is 7.31. The molecule has 124 valence electrons. The first kappa shape index (κ1) is 15.9. The minimum atomic E-state index is -1.24. The molecule has 7 heteroatoms. The van der Waals surface area contributed by atoms with Crippen molar-refractivity contribution < 1.29 is 29.2 Å². The number of aliphatic hydroxyl groups is 3. The highest BCUT2D eigenvalue weighted by atomic mass is 16.7. The van der Waals surface area contributed by atoms with E-state index in [1.165, 1.54) is 12.1 Å². The van der Waals surface area contributed by atoms with Crippen LogP contribution in [0.4, 0.5) is 0 Å². The largest absolute Gasteiger partial charge is 0.462 e. The molecule has 0 aliphatic carbocycles. The van der Waals surface area contributed by atoms with Gasteiger partial charge >= 0.3 is 5.63 Å². The maximum atomic E-state index is 11.4. The second-order valence-corrected chi connectivity index (χ2v) is 5.63. The molecule has 0 saturated carbocycles. The van der Waals surface area contributed by atoms with Crippen molar-refractivity contribution >= 4 is 11.0 Å². The molecule has 7 nitrogen and oxygen atoms in total. The number of fused-ring (bicyclic) bond motifs is 1. The molecule has 1 fully saturated rings. The molecular formula is C16H18O7. The Morgan fingerprint density at radius 2 is 2.09 bits per heavy atom. The molecule has 2 heterocycles. The molecule has 4 atom stereocenters. The average molecular weight is 322 g/mol. The Hall–Kier alpha value is -1.93. The zero-order valence-corrected chi connectivity index (χ0v) is 12.5. The molecule has 3 unspecified atom stereocenters. The van der Waals surface area contributed by atoms with Crippen molar-refractivity contribution in [3.05, 3.63) is 40.2 Å². The Kier molecular flexibility index (Phi) is 4.36. The molecule has 3 rings (SSSR count). The number of aryl methyl sites for hydroxylation is 1. The lowest BCUT2D eigenvalue weighted by molar-refractivity contribution is -0.240. The number of hydrogen-bond donors (Lipinski definition) is 3. The summed E-state index contributed by atoms with van der Waals surface area (Å²) >= 11 is 0. The Bertz CT molecular complexity index is 754. The molecule has 1 aliphatic rings. The van der Waals surface area contributed by atoms with Crippen molar-refractivity contribution in [2.24, 2.45) is 0 Å². The van der Waals surface area contributed by atoms with Gasteiger partial charge in [0.1, 0.15) is 17.4 Å². The highest BCUT2D eigenvalue weighted by Gasteiger charge is 2.38. The number of ether oxygens (including phenoxy) is 2. The van der Waals surface area contributed by atoms with E-state index >= 15 is 0 Å². The van der Waals surface area contributed by atoms with E-state index in [0.717, 1.165) is 10.9 Å². The molecule has 0 amide bonds. The highest BCUT2D eigenvalue weighted by Crippen LogP contribution is 2.27. The van der Waals surface area contributed by atoms with Gasteiger partial charge in [-0.25, -0.2) is 4.79 Å². The molecule has 1 saturated heterocycles. The minimum absolute atomic E-state index is 0.128. The molecule has 1 aromatic heterocycles. The molecule has 0 spiro atoms. The summed E-state index contributed by atoms with van der Waals surface area (Å²) in [5.41, 5.74) is 0.682. The predicted molar refractivity (Wildman–Crippen MR) is 80.2 cm³/mol. The van der Waals surface area contributed by atoms with Crippen molar-refractivity contribution in [2.75, 3.05) is 6.61 Å². The highest BCUT2D eigenvalue weighted by molar-refractivity contribution is 5.81. The third-order valence-electron chi connectivity index (χ3n) is 3.88. The molecule has 0 radical (unpaired) electrons. The van der Waals surface area contributed by atoms with E-state index in [4.69, 9.17) is 19.0 Å². The summed E-state index contributed by atoms with van der Waals surface area (Å²) in [5.74, 6) is 0.320. The lowest BCUT2D eigenvalue weighted by atomic mass is 10.0. The van der Waals surface area contributed by atoms with Crippen LogP contribution in [0.15, 0.2) is 33.5 Å². The van der Waals surface area contributed by atoms with Crippen molar-refractivity contribution in [2.45, 2.75) is 37.9 Å². The fraction of sp³-hybridized carbons (Fsp3) is 0.438. The van der Waals surface area contributed by atoms with E-state index in [9.17, 15) is 15.0 Å². The van der Waals surface area contributed by atoms with Crippen LogP contribution in [0.3, 0.4) is 0 Å². The predicted octanol–water partition coefficient (Wildman–Crippen LogP) is 0.309. The summed E-state index contributed by atoms with van der Waals surface area (Å²) in [6.07, 6.45) is -3.89. The minimum Gasteiger partial charge on any atom is -0.462 e. The fourth-order valence-corrected chi connectivity index (χ4v) is 2.64. The summed E-state index contributed by atoms with van der Waals surface area (Å²) in [6.45, 7) is 1.52. The van der Waals surface area contributed by atoms with Crippen LogP contribution in [0.1, 0.15) is 12.0 Å². The van der Waals surface area contributed by atoms with Crippen molar-refractivity contribution in [1.82, 2.24) is 0 Å². The molecule has 3 N–H and O–H groups in total. The maximum Gasteiger partial charge on any atom is 0.336 e. The second-order valence-electron chi connectivity index (χ2n) is 5.63. The first-order valence-corrected chi connectivity index (χ1v) is 7.31. The number of rotatable bonds is 3. The lowest BCUT2D eigenvalue weighted by Crippen LogP contribution is -2.51. The van der Waals surface area contributed by atoms with Crippen LogP contribution in [-0.2, 0) is 4.74 Å². The Morgan fingerprint density at radius 3 is 2.83 bits per heavy atom. The van der Waals surface area contributed by atoms with E-state index < -0.39 is 30.2 Å². The maximum absolute atomic E-state index is 11.4. The van der Waals surface area contributed by atoms with Crippen LogP contribution in [0.25, 0.3) is 11.0 Å².